The summed E-state index contributed by atoms with van der Waals surface area (Å²) in [6, 6.07) is 8.89. The van der Waals surface area contributed by atoms with E-state index in [2.05, 4.69) is 24.5 Å². The minimum atomic E-state index is 0.0948. The highest BCUT2D eigenvalue weighted by molar-refractivity contribution is 5.95. The van der Waals surface area contributed by atoms with Crippen LogP contribution in [-0.2, 0) is 6.42 Å². The molecule has 0 bridgehead atoms. The molecule has 0 heterocycles. The fraction of sp³-hybridized carbons (Fsp3) is 0.611. The molecular formula is C18H28N2O. The molecular weight excluding hydrogens is 260 g/mol. The third-order valence-corrected chi connectivity index (χ3v) is 4.39. The van der Waals surface area contributed by atoms with Gasteiger partial charge in [-0.1, -0.05) is 32.0 Å². The van der Waals surface area contributed by atoms with Gasteiger partial charge in [0.15, 0.2) is 0 Å². The van der Waals surface area contributed by atoms with E-state index in [1.807, 2.05) is 24.3 Å². The maximum atomic E-state index is 12.4. The minimum Gasteiger partial charge on any atom is -0.349 e. The smallest absolute Gasteiger partial charge is 0.251 e. The van der Waals surface area contributed by atoms with Crippen molar-refractivity contribution < 1.29 is 4.79 Å². The van der Waals surface area contributed by atoms with Crippen molar-refractivity contribution in [2.24, 2.45) is 0 Å². The number of hydrogen-bond acceptors (Lipinski definition) is 2. The van der Waals surface area contributed by atoms with E-state index in [4.69, 9.17) is 0 Å². The van der Waals surface area contributed by atoms with E-state index >= 15 is 0 Å². The molecule has 0 aromatic heterocycles. The Labute approximate surface area is 128 Å². The number of carbonyl (C=O) groups is 1. The first-order valence-electron chi connectivity index (χ1n) is 8.36. The third-order valence-electron chi connectivity index (χ3n) is 4.39. The van der Waals surface area contributed by atoms with Crippen LogP contribution in [-0.4, -0.2) is 24.5 Å². The van der Waals surface area contributed by atoms with Crippen LogP contribution >= 0.6 is 0 Å². The second-order valence-corrected chi connectivity index (χ2v) is 5.99. The van der Waals surface area contributed by atoms with Gasteiger partial charge < -0.3 is 10.6 Å². The average Bonchev–Trinajstić information content (AvgIpc) is 2.54. The van der Waals surface area contributed by atoms with Crippen LogP contribution in [0, 0.1) is 0 Å². The van der Waals surface area contributed by atoms with E-state index in [-0.39, 0.29) is 5.91 Å². The molecule has 0 saturated heterocycles. The number of aryl methyl sites for hydroxylation is 1. The normalized spacial score (nSPS) is 22.0. The fourth-order valence-electron chi connectivity index (χ4n) is 3.10. The summed E-state index contributed by atoms with van der Waals surface area (Å²) in [7, 11) is 0. The molecule has 2 rings (SSSR count). The Morgan fingerprint density at radius 1 is 1.10 bits per heavy atom. The van der Waals surface area contributed by atoms with Crippen molar-refractivity contribution in [3.05, 3.63) is 35.4 Å². The monoisotopic (exact) mass is 288 g/mol. The molecule has 116 valence electrons. The first-order valence-corrected chi connectivity index (χ1v) is 8.36. The second-order valence-electron chi connectivity index (χ2n) is 5.99. The van der Waals surface area contributed by atoms with E-state index in [1.54, 1.807) is 0 Å². The SMILES string of the molecule is CCCNC1CCC(NC(=O)c2ccccc2CC)CC1. The number of carbonyl (C=O) groups excluding carboxylic acids is 1. The van der Waals surface area contributed by atoms with Gasteiger partial charge in [-0.15, -0.1) is 0 Å². The summed E-state index contributed by atoms with van der Waals surface area (Å²) in [5.74, 6) is 0.0948. The summed E-state index contributed by atoms with van der Waals surface area (Å²) in [4.78, 5) is 12.4. The molecule has 0 atom stereocenters. The van der Waals surface area contributed by atoms with Crippen LogP contribution in [0.5, 0.6) is 0 Å². The topological polar surface area (TPSA) is 41.1 Å². The van der Waals surface area contributed by atoms with Gasteiger partial charge in [-0.05, 0) is 56.7 Å². The number of hydrogen-bond donors (Lipinski definition) is 2. The lowest BCUT2D eigenvalue weighted by atomic mass is 9.90. The lowest BCUT2D eigenvalue weighted by Gasteiger charge is -2.30. The lowest BCUT2D eigenvalue weighted by molar-refractivity contribution is 0.0923. The van der Waals surface area contributed by atoms with Crippen LogP contribution in [0.1, 0.15) is 61.9 Å². The Bertz CT molecular complexity index is 450. The van der Waals surface area contributed by atoms with Gasteiger partial charge in [-0.25, -0.2) is 0 Å². The number of rotatable bonds is 6. The first kappa shape index (κ1) is 16.0. The molecule has 1 fully saturated rings. The molecule has 1 amide bonds. The van der Waals surface area contributed by atoms with Crippen molar-refractivity contribution in [3.63, 3.8) is 0 Å². The molecule has 1 aromatic rings. The summed E-state index contributed by atoms with van der Waals surface area (Å²) in [6.07, 6.45) is 6.59. The van der Waals surface area contributed by atoms with Crippen molar-refractivity contribution in [2.45, 2.75) is 64.5 Å². The van der Waals surface area contributed by atoms with E-state index in [0.29, 0.717) is 12.1 Å². The Morgan fingerprint density at radius 3 is 2.43 bits per heavy atom. The van der Waals surface area contributed by atoms with Crippen LogP contribution in [0.3, 0.4) is 0 Å². The van der Waals surface area contributed by atoms with Gasteiger partial charge >= 0.3 is 0 Å². The molecule has 21 heavy (non-hydrogen) atoms. The summed E-state index contributed by atoms with van der Waals surface area (Å²) in [6.45, 7) is 5.40. The Morgan fingerprint density at radius 2 is 1.76 bits per heavy atom. The predicted octanol–water partition coefficient (Wildman–Crippen LogP) is 3.29. The predicted molar refractivity (Wildman–Crippen MR) is 87.6 cm³/mol. The number of nitrogens with one attached hydrogen (secondary N) is 2. The quantitative estimate of drug-likeness (QED) is 0.843. The average molecular weight is 288 g/mol. The van der Waals surface area contributed by atoms with Crippen molar-refractivity contribution in [3.8, 4) is 0 Å². The standard InChI is InChI=1S/C18H28N2O/c1-3-13-19-15-9-11-16(12-10-15)20-18(21)17-8-6-5-7-14(17)4-2/h5-8,15-16,19H,3-4,9-13H2,1-2H3,(H,20,21). The summed E-state index contributed by atoms with van der Waals surface area (Å²) in [5.41, 5.74) is 1.97. The lowest BCUT2D eigenvalue weighted by Crippen LogP contribution is -2.42. The highest BCUT2D eigenvalue weighted by Crippen LogP contribution is 2.19. The minimum absolute atomic E-state index is 0.0948. The van der Waals surface area contributed by atoms with Crippen molar-refractivity contribution in [1.82, 2.24) is 10.6 Å². The summed E-state index contributed by atoms with van der Waals surface area (Å²) < 4.78 is 0. The molecule has 1 aliphatic rings. The van der Waals surface area contributed by atoms with Gasteiger partial charge in [-0.2, -0.15) is 0 Å². The van der Waals surface area contributed by atoms with Crippen molar-refractivity contribution in [1.29, 1.82) is 0 Å². The van der Waals surface area contributed by atoms with Crippen LogP contribution in [0.2, 0.25) is 0 Å². The molecule has 0 spiro atoms. The van der Waals surface area contributed by atoms with Crippen LogP contribution in [0.4, 0.5) is 0 Å². The van der Waals surface area contributed by atoms with E-state index < -0.39 is 0 Å². The molecule has 0 aliphatic heterocycles. The van der Waals surface area contributed by atoms with E-state index in [1.165, 1.54) is 19.3 Å². The number of benzene rings is 1. The largest absolute Gasteiger partial charge is 0.349 e. The van der Waals surface area contributed by atoms with Gasteiger partial charge in [0, 0.05) is 17.6 Å². The van der Waals surface area contributed by atoms with Gasteiger partial charge in [0.25, 0.3) is 5.91 Å². The molecule has 1 aliphatic carbocycles. The third kappa shape index (κ3) is 4.57. The Kier molecular flexibility index (Phi) is 6.24. The highest BCUT2D eigenvalue weighted by atomic mass is 16.1. The highest BCUT2D eigenvalue weighted by Gasteiger charge is 2.22. The summed E-state index contributed by atoms with van der Waals surface area (Å²) in [5, 5.41) is 6.80. The van der Waals surface area contributed by atoms with Crippen LogP contribution < -0.4 is 10.6 Å². The van der Waals surface area contributed by atoms with Gasteiger partial charge in [0.05, 0.1) is 0 Å². The molecule has 3 nitrogen and oxygen atoms in total. The van der Waals surface area contributed by atoms with Crippen LogP contribution in [0.25, 0.3) is 0 Å². The molecule has 1 aromatic carbocycles. The molecule has 2 N–H and O–H groups in total. The van der Waals surface area contributed by atoms with Gasteiger partial charge in [0.1, 0.15) is 0 Å². The molecule has 3 heteroatoms. The van der Waals surface area contributed by atoms with Gasteiger partial charge in [0.2, 0.25) is 0 Å². The van der Waals surface area contributed by atoms with Crippen molar-refractivity contribution >= 4 is 5.91 Å². The molecule has 0 radical (unpaired) electrons. The van der Waals surface area contributed by atoms with Crippen molar-refractivity contribution in [2.75, 3.05) is 6.54 Å². The fourth-order valence-corrected chi connectivity index (χ4v) is 3.10. The molecule has 1 saturated carbocycles. The van der Waals surface area contributed by atoms with E-state index in [0.717, 1.165) is 36.9 Å². The van der Waals surface area contributed by atoms with E-state index in [9.17, 15) is 4.79 Å². The number of amides is 1. The summed E-state index contributed by atoms with van der Waals surface area (Å²) >= 11 is 0. The Hall–Kier alpha value is -1.35. The van der Waals surface area contributed by atoms with Gasteiger partial charge in [-0.3, -0.25) is 4.79 Å². The zero-order valence-corrected chi connectivity index (χ0v) is 13.3. The van der Waals surface area contributed by atoms with Crippen LogP contribution in [0.15, 0.2) is 24.3 Å². The zero-order valence-electron chi connectivity index (χ0n) is 13.3. The zero-order chi connectivity index (χ0) is 15.1. The maximum Gasteiger partial charge on any atom is 0.251 e. The first-order chi connectivity index (χ1) is 10.2. The maximum absolute atomic E-state index is 12.4. The Balaban J connectivity index is 1.84. The second kappa shape index (κ2) is 8.18. The molecule has 0 unspecified atom stereocenters.